The summed E-state index contributed by atoms with van der Waals surface area (Å²) in [6.07, 6.45) is 2.79. The molecule has 1 N–H and O–H groups in total. The molecule has 1 aliphatic rings. The van der Waals surface area contributed by atoms with E-state index in [9.17, 15) is 8.42 Å². The van der Waals surface area contributed by atoms with Crippen molar-refractivity contribution in [3.05, 3.63) is 24.3 Å². The topological polar surface area (TPSA) is 109 Å². The molecule has 0 aromatic heterocycles. The molecule has 8 heteroatoms. The van der Waals surface area contributed by atoms with Gasteiger partial charge in [-0.15, -0.1) is 0 Å². The molecule has 0 bridgehead atoms. The van der Waals surface area contributed by atoms with E-state index in [1.54, 1.807) is 24.3 Å². The number of hydrogen-bond acceptors (Lipinski definition) is 6. The molecule has 1 aromatic carbocycles. The van der Waals surface area contributed by atoms with Crippen LogP contribution in [0, 0.1) is 22.7 Å². The van der Waals surface area contributed by atoms with Crippen LogP contribution in [0.4, 0.5) is 5.69 Å². The minimum absolute atomic E-state index is 0.171. The molecule has 114 valence electrons. The normalized spacial score (nSPS) is 15.4. The van der Waals surface area contributed by atoms with Crippen LogP contribution in [0.2, 0.25) is 0 Å². The Morgan fingerprint density at radius 1 is 1.18 bits per heavy atom. The number of nitriles is 2. The van der Waals surface area contributed by atoms with Crippen LogP contribution in [-0.2, 0) is 10.0 Å². The van der Waals surface area contributed by atoms with Crippen molar-refractivity contribution < 1.29 is 8.42 Å². The zero-order chi connectivity index (χ0) is 16.0. The van der Waals surface area contributed by atoms with E-state index in [0.717, 1.165) is 19.3 Å². The summed E-state index contributed by atoms with van der Waals surface area (Å²) in [4.78, 5) is 0.171. The van der Waals surface area contributed by atoms with E-state index in [0.29, 0.717) is 18.8 Å². The van der Waals surface area contributed by atoms with Crippen LogP contribution in [0.3, 0.4) is 0 Å². The molecule has 2 rings (SSSR count). The summed E-state index contributed by atoms with van der Waals surface area (Å²) in [5.41, 5.74) is 2.60. The Balaban J connectivity index is 2.23. The minimum Gasteiger partial charge on any atom is -0.276 e. The molecule has 22 heavy (non-hydrogen) atoms. The molecule has 0 saturated carbocycles. The van der Waals surface area contributed by atoms with Crippen molar-refractivity contribution >= 4 is 21.4 Å². The maximum absolute atomic E-state index is 12.5. The smallest absolute Gasteiger partial charge is 0.243 e. The fraction of sp³-hybridized carbons (Fsp3) is 0.357. The van der Waals surface area contributed by atoms with Gasteiger partial charge in [-0.3, -0.25) is 5.43 Å². The lowest BCUT2D eigenvalue weighted by Crippen LogP contribution is -2.35. The van der Waals surface area contributed by atoms with Crippen LogP contribution < -0.4 is 5.43 Å². The first-order valence-electron chi connectivity index (χ1n) is 6.82. The Hall–Kier alpha value is -2.42. The SMILES string of the molecule is N#CC(C#N)=NNc1cccc(S(=O)(=O)N2CCCCC2)c1. The summed E-state index contributed by atoms with van der Waals surface area (Å²) in [5, 5.41) is 20.8. The largest absolute Gasteiger partial charge is 0.276 e. The van der Waals surface area contributed by atoms with Gasteiger partial charge in [0.15, 0.2) is 0 Å². The number of nitrogens with one attached hydrogen (secondary N) is 1. The summed E-state index contributed by atoms with van der Waals surface area (Å²) in [6.45, 7) is 1.07. The predicted molar refractivity (Wildman–Crippen MR) is 81.3 cm³/mol. The van der Waals surface area contributed by atoms with Gasteiger partial charge in [-0.25, -0.2) is 8.42 Å². The molecule has 1 fully saturated rings. The summed E-state index contributed by atoms with van der Waals surface area (Å²) in [6, 6.07) is 9.41. The third kappa shape index (κ3) is 3.61. The number of piperidine rings is 1. The van der Waals surface area contributed by atoms with Gasteiger partial charge in [-0.2, -0.15) is 19.9 Å². The van der Waals surface area contributed by atoms with Crippen LogP contribution >= 0.6 is 0 Å². The lowest BCUT2D eigenvalue weighted by molar-refractivity contribution is 0.346. The van der Waals surface area contributed by atoms with Crippen LogP contribution in [0.5, 0.6) is 0 Å². The fourth-order valence-electron chi connectivity index (χ4n) is 2.18. The van der Waals surface area contributed by atoms with Gasteiger partial charge in [-0.1, -0.05) is 12.5 Å². The summed E-state index contributed by atoms with van der Waals surface area (Å²) >= 11 is 0. The van der Waals surface area contributed by atoms with Crippen molar-refractivity contribution in [3.63, 3.8) is 0 Å². The lowest BCUT2D eigenvalue weighted by atomic mass is 10.2. The molecule has 0 aliphatic carbocycles. The fourth-order valence-corrected chi connectivity index (χ4v) is 3.74. The van der Waals surface area contributed by atoms with Gasteiger partial charge in [0.25, 0.3) is 0 Å². The maximum atomic E-state index is 12.5. The Labute approximate surface area is 129 Å². The molecule has 0 amide bonds. The molecular weight excluding hydrogens is 302 g/mol. The highest BCUT2D eigenvalue weighted by molar-refractivity contribution is 7.89. The number of anilines is 1. The highest BCUT2D eigenvalue weighted by Gasteiger charge is 2.25. The third-order valence-corrected chi connectivity index (χ3v) is 5.19. The van der Waals surface area contributed by atoms with Crippen molar-refractivity contribution in [1.29, 1.82) is 10.5 Å². The molecule has 0 unspecified atom stereocenters. The third-order valence-electron chi connectivity index (χ3n) is 3.30. The molecule has 1 saturated heterocycles. The molecule has 0 radical (unpaired) electrons. The van der Waals surface area contributed by atoms with Crippen molar-refractivity contribution in [3.8, 4) is 12.1 Å². The monoisotopic (exact) mass is 317 g/mol. The number of hydrazone groups is 1. The van der Waals surface area contributed by atoms with Gasteiger partial charge in [0.1, 0.15) is 12.1 Å². The second-order valence-corrected chi connectivity index (χ2v) is 6.73. The number of nitrogens with zero attached hydrogens (tertiary/aromatic N) is 4. The maximum Gasteiger partial charge on any atom is 0.243 e. The second kappa shape index (κ2) is 7.03. The minimum atomic E-state index is -3.52. The first-order valence-corrected chi connectivity index (χ1v) is 8.26. The van der Waals surface area contributed by atoms with Gasteiger partial charge in [0.05, 0.1) is 10.6 Å². The van der Waals surface area contributed by atoms with Crippen molar-refractivity contribution in [2.75, 3.05) is 18.5 Å². The van der Waals surface area contributed by atoms with Gasteiger partial charge in [0.2, 0.25) is 15.7 Å². The van der Waals surface area contributed by atoms with E-state index in [-0.39, 0.29) is 10.6 Å². The zero-order valence-electron chi connectivity index (χ0n) is 11.9. The molecular formula is C14H15N5O2S. The Morgan fingerprint density at radius 2 is 1.86 bits per heavy atom. The Kier molecular flexibility index (Phi) is 5.10. The predicted octanol–water partition coefficient (Wildman–Crippen LogP) is 1.68. The van der Waals surface area contributed by atoms with Crippen LogP contribution in [0.25, 0.3) is 0 Å². The van der Waals surface area contributed by atoms with Crippen LogP contribution in [0.15, 0.2) is 34.3 Å². The van der Waals surface area contributed by atoms with Gasteiger partial charge < -0.3 is 0 Å². The van der Waals surface area contributed by atoms with Gasteiger partial charge in [-0.05, 0) is 31.0 Å². The molecule has 1 aliphatic heterocycles. The highest BCUT2D eigenvalue weighted by Crippen LogP contribution is 2.22. The van der Waals surface area contributed by atoms with E-state index < -0.39 is 10.0 Å². The van der Waals surface area contributed by atoms with E-state index in [4.69, 9.17) is 10.5 Å². The lowest BCUT2D eigenvalue weighted by Gasteiger charge is -2.26. The highest BCUT2D eigenvalue weighted by atomic mass is 32.2. The number of sulfonamides is 1. The average Bonchev–Trinajstić information content (AvgIpc) is 2.57. The second-order valence-electron chi connectivity index (χ2n) is 4.79. The number of rotatable bonds is 4. The first kappa shape index (κ1) is 16.0. The Morgan fingerprint density at radius 3 is 2.50 bits per heavy atom. The standard InChI is InChI=1S/C14H15N5O2S/c15-10-13(11-16)18-17-12-5-4-6-14(9-12)22(20,21)19-7-2-1-3-8-19/h4-6,9,17H,1-3,7-8H2. The first-order chi connectivity index (χ1) is 10.6. The van der Waals surface area contributed by atoms with Crippen molar-refractivity contribution in [1.82, 2.24) is 4.31 Å². The van der Waals surface area contributed by atoms with E-state index >= 15 is 0 Å². The zero-order valence-corrected chi connectivity index (χ0v) is 12.7. The van der Waals surface area contributed by atoms with Crippen LogP contribution in [0.1, 0.15) is 19.3 Å². The quantitative estimate of drug-likeness (QED) is 0.671. The average molecular weight is 317 g/mol. The van der Waals surface area contributed by atoms with Crippen LogP contribution in [-0.4, -0.2) is 31.5 Å². The molecule has 1 aromatic rings. The summed E-state index contributed by atoms with van der Waals surface area (Å²) in [5.74, 6) is 0. The van der Waals surface area contributed by atoms with E-state index in [1.165, 1.54) is 16.4 Å². The molecule has 0 spiro atoms. The summed E-state index contributed by atoms with van der Waals surface area (Å²) in [7, 11) is -3.52. The molecule has 0 atom stereocenters. The van der Waals surface area contributed by atoms with Crippen molar-refractivity contribution in [2.24, 2.45) is 5.10 Å². The van der Waals surface area contributed by atoms with Gasteiger partial charge >= 0.3 is 0 Å². The Bertz CT molecular complexity index is 736. The number of hydrogen-bond donors (Lipinski definition) is 1. The van der Waals surface area contributed by atoms with Crippen molar-refractivity contribution in [2.45, 2.75) is 24.2 Å². The molecule has 7 nitrogen and oxygen atoms in total. The van der Waals surface area contributed by atoms with E-state index in [1.807, 2.05) is 0 Å². The van der Waals surface area contributed by atoms with E-state index in [2.05, 4.69) is 10.5 Å². The summed E-state index contributed by atoms with van der Waals surface area (Å²) < 4.78 is 26.6. The van der Waals surface area contributed by atoms with Gasteiger partial charge in [0, 0.05) is 13.1 Å². The number of benzene rings is 1. The molecule has 1 heterocycles.